The first-order valence-corrected chi connectivity index (χ1v) is 12.6. The number of hydrogen-bond donors (Lipinski definition) is 1. The van der Waals surface area contributed by atoms with Crippen molar-refractivity contribution in [1.29, 1.82) is 0 Å². The summed E-state index contributed by atoms with van der Waals surface area (Å²) in [5.74, 6) is 1.15. The van der Waals surface area contributed by atoms with Gasteiger partial charge in [-0.3, -0.25) is 0 Å². The van der Waals surface area contributed by atoms with Gasteiger partial charge in [0.25, 0.3) is 0 Å². The molecule has 1 saturated heterocycles. The van der Waals surface area contributed by atoms with Crippen molar-refractivity contribution in [3.63, 3.8) is 0 Å². The van der Waals surface area contributed by atoms with Gasteiger partial charge in [0.05, 0.1) is 29.4 Å². The fourth-order valence-electron chi connectivity index (χ4n) is 4.32. The SMILES string of the molecule is COc1cc2ncnc(Nc3cccc(Cl)c3F)c2cc1OC(C)C1CCN(C(=O)OC(C)(C)C)CC1. The van der Waals surface area contributed by atoms with Crippen LogP contribution in [0, 0.1) is 11.7 Å². The molecule has 37 heavy (non-hydrogen) atoms. The quantitative estimate of drug-likeness (QED) is 0.385. The van der Waals surface area contributed by atoms with Gasteiger partial charge in [0, 0.05) is 24.5 Å². The first-order valence-electron chi connectivity index (χ1n) is 12.2. The summed E-state index contributed by atoms with van der Waals surface area (Å²) in [7, 11) is 1.57. The molecule has 1 aliphatic heterocycles. The number of nitrogens with zero attached hydrogens (tertiary/aromatic N) is 3. The smallest absolute Gasteiger partial charge is 0.410 e. The molecule has 1 atom stereocenters. The van der Waals surface area contributed by atoms with Crippen LogP contribution in [-0.4, -0.2) is 52.9 Å². The van der Waals surface area contributed by atoms with Crippen LogP contribution in [0.25, 0.3) is 10.9 Å². The van der Waals surface area contributed by atoms with Crippen LogP contribution in [0.15, 0.2) is 36.7 Å². The molecule has 3 aromatic rings. The van der Waals surface area contributed by atoms with E-state index in [2.05, 4.69) is 15.3 Å². The fraction of sp³-hybridized carbons (Fsp3) is 0.444. The van der Waals surface area contributed by atoms with Crippen LogP contribution >= 0.6 is 11.6 Å². The zero-order valence-electron chi connectivity index (χ0n) is 21.7. The standard InChI is InChI=1S/C27H32ClFN4O4/c1-16(17-9-11-33(12-10-17)26(34)37-27(2,3)4)36-23-13-18-21(14-22(23)35-5)30-15-31-25(18)32-20-8-6-7-19(28)24(20)29/h6-8,13-17H,9-12H2,1-5H3,(H,30,31,32). The summed E-state index contributed by atoms with van der Waals surface area (Å²) < 4.78 is 32.0. The molecule has 0 aliphatic carbocycles. The molecule has 1 amide bonds. The minimum absolute atomic E-state index is 0.0144. The molecular formula is C27H32ClFN4O4. The number of halogens is 2. The highest BCUT2D eigenvalue weighted by molar-refractivity contribution is 6.31. The number of fused-ring (bicyclic) bond motifs is 1. The molecule has 10 heteroatoms. The highest BCUT2D eigenvalue weighted by Crippen LogP contribution is 2.37. The van der Waals surface area contributed by atoms with Gasteiger partial charge < -0.3 is 24.4 Å². The van der Waals surface area contributed by atoms with Crippen molar-refractivity contribution in [2.75, 3.05) is 25.5 Å². The molecule has 1 fully saturated rings. The number of piperidine rings is 1. The Bertz CT molecular complexity index is 1280. The van der Waals surface area contributed by atoms with E-state index in [0.29, 0.717) is 41.3 Å². The predicted molar refractivity (Wildman–Crippen MR) is 141 cm³/mol. The van der Waals surface area contributed by atoms with Crippen LogP contribution in [0.4, 0.5) is 20.7 Å². The molecule has 1 aromatic heterocycles. The molecule has 0 bridgehead atoms. The van der Waals surface area contributed by atoms with Crippen LogP contribution in [0.2, 0.25) is 5.02 Å². The predicted octanol–water partition coefficient (Wildman–Crippen LogP) is 6.59. The molecule has 1 N–H and O–H groups in total. The number of benzene rings is 2. The maximum Gasteiger partial charge on any atom is 0.410 e. The molecule has 1 aliphatic rings. The first kappa shape index (κ1) is 26.7. The number of ether oxygens (including phenoxy) is 3. The molecular weight excluding hydrogens is 499 g/mol. The van der Waals surface area contributed by atoms with Crippen LogP contribution in [-0.2, 0) is 4.74 Å². The van der Waals surface area contributed by atoms with E-state index in [1.807, 2.05) is 27.7 Å². The summed E-state index contributed by atoms with van der Waals surface area (Å²) in [6.07, 6.45) is 2.56. The number of carbonyl (C=O) groups is 1. The zero-order valence-corrected chi connectivity index (χ0v) is 22.4. The Labute approximate surface area is 221 Å². The monoisotopic (exact) mass is 530 g/mol. The third-order valence-corrected chi connectivity index (χ3v) is 6.59. The summed E-state index contributed by atoms with van der Waals surface area (Å²) >= 11 is 5.94. The Kier molecular flexibility index (Phi) is 7.92. The van der Waals surface area contributed by atoms with E-state index in [9.17, 15) is 9.18 Å². The van der Waals surface area contributed by atoms with Crippen molar-refractivity contribution >= 4 is 40.1 Å². The summed E-state index contributed by atoms with van der Waals surface area (Å²) in [6, 6.07) is 8.29. The first-order chi connectivity index (χ1) is 17.6. The average Bonchev–Trinajstić information content (AvgIpc) is 2.85. The number of aromatic nitrogens is 2. The lowest BCUT2D eigenvalue weighted by Crippen LogP contribution is -2.44. The molecule has 0 saturated carbocycles. The fourth-order valence-corrected chi connectivity index (χ4v) is 4.49. The van der Waals surface area contributed by atoms with Gasteiger partial charge >= 0.3 is 6.09 Å². The Morgan fingerprint density at radius 1 is 1.19 bits per heavy atom. The summed E-state index contributed by atoms with van der Waals surface area (Å²) in [4.78, 5) is 22.8. The van der Waals surface area contributed by atoms with Crippen molar-refractivity contribution in [2.45, 2.75) is 52.2 Å². The van der Waals surface area contributed by atoms with Crippen molar-refractivity contribution in [1.82, 2.24) is 14.9 Å². The number of hydrogen-bond acceptors (Lipinski definition) is 7. The van der Waals surface area contributed by atoms with Crippen LogP contribution in [0.3, 0.4) is 0 Å². The molecule has 2 heterocycles. The number of carbonyl (C=O) groups excluding carboxylic acids is 1. The zero-order chi connectivity index (χ0) is 26.7. The molecule has 0 radical (unpaired) electrons. The third kappa shape index (κ3) is 6.33. The lowest BCUT2D eigenvalue weighted by Gasteiger charge is -2.35. The lowest BCUT2D eigenvalue weighted by molar-refractivity contribution is 0.0120. The average molecular weight is 531 g/mol. The number of rotatable bonds is 6. The second kappa shape index (κ2) is 11.0. The Balaban J connectivity index is 1.51. The van der Waals surface area contributed by atoms with Crippen molar-refractivity contribution in [2.24, 2.45) is 5.92 Å². The molecule has 198 valence electrons. The van der Waals surface area contributed by atoms with Gasteiger partial charge in [0.2, 0.25) is 0 Å². The normalized spacial score (nSPS) is 15.4. The summed E-state index contributed by atoms with van der Waals surface area (Å²) in [5.41, 5.74) is 0.297. The van der Waals surface area contributed by atoms with Crippen LogP contribution < -0.4 is 14.8 Å². The van der Waals surface area contributed by atoms with E-state index >= 15 is 0 Å². The van der Waals surface area contributed by atoms with Crippen molar-refractivity contribution < 1.29 is 23.4 Å². The highest BCUT2D eigenvalue weighted by Gasteiger charge is 2.30. The van der Waals surface area contributed by atoms with Gasteiger partial charge in [0.15, 0.2) is 17.3 Å². The number of nitrogens with one attached hydrogen (secondary N) is 1. The van der Waals surface area contributed by atoms with Gasteiger partial charge in [-0.25, -0.2) is 19.2 Å². The van der Waals surface area contributed by atoms with Gasteiger partial charge in [-0.15, -0.1) is 0 Å². The van der Waals surface area contributed by atoms with Gasteiger partial charge in [-0.05, 0) is 64.7 Å². The molecule has 1 unspecified atom stereocenters. The molecule has 0 spiro atoms. The molecule has 2 aromatic carbocycles. The lowest BCUT2D eigenvalue weighted by atomic mass is 9.92. The maximum absolute atomic E-state index is 14.5. The van der Waals surface area contributed by atoms with E-state index in [1.165, 1.54) is 12.4 Å². The molecule has 4 rings (SSSR count). The van der Waals surface area contributed by atoms with E-state index in [4.69, 9.17) is 25.8 Å². The Hall–Kier alpha value is -3.33. The summed E-state index contributed by atoms with van der Waals surface area (Å²) in [5, 5.41) is 3.67. The second-order valence-electron chi connectivity index (χ2n) is 10.1. The Morgan fingerprint density at radius 3 is 2.59 bits per heavy atom. The van der Waals surface area contributed by atoms with Crippen molar-refractivity contribution in [3.05, 3.63) is 47.5 Å². The number of anilines is 2. The topological polar surface area (TPSA) is 85.8 Å². The Morgan fingerprint density at radius 2 is 1.92 bits per heavy atom. The minimum Gasteiger partial charge on any atom is -0.493 e. The maximum atomic E-state index is 14.5. The highest BCUT2D eigenvalue weighted by atomic mass is 35.5. The number of methoxy groups -OCH3 is 1. The van der Waals surface area contributed by atoms with E-state index < -0.39 is 11.4 Å². The van der Waals surface area contributed by atoms with Gasteiger partial charge in [0.1, 0.15) is 17.7 Å². The minimum atomic E-state index is -0.563. The summed E-state index contributed by atoms with van der Waals surface area (Å²) in [6.45, 7) is 8.82. The largest absolute Gasteiger partial charge is 0.493 e. The van der Waals surface area contributed by atoms with Gasteiger partial charge in [-0.1, -0.05) is 17.7 Å². The van der Waals surface area contributed by atoms with Crippen LogP contribution in [0.1, 0.15) is 40.5 Å². The van der Waals surface area contributed by atoms with E-state index in [0.717, 1.165) is 12.8 Å². The number of likely N-dealkylation sites (tertiary alicyclic amines) is 1. The van der Waals surface area contributed by atoms with Gasteiger partial charge in [-0.2, -0.15) is 0 Å². The van der Waals surface area contributed by atoms with Crippen LogP contribution in [0.5, 0.6) is 11.5 Å². The van der Waals surface area contributed by atoms with E-state index in [-0.39, 0.29) is 28.8 Å². The van der Waals surface area contributed by atoms with E-state index in [1.54, 1.807) is 36.3 Å². The second-order valence-corrected chi connectivity index (χ2v) is 10.5. The molecule has 8 nitrogen and oxygen atoms in total. The van der Waals surface area contributed by atoms with Crippen molar-refractivity contribution in [3.8, 4) is 11.5 Å². The third-order valence-electron chi connectivity index (χ3n) is 6.29. The number of amides is 1.